The number of benzene rings is 2. The summed E-state index contributed by atoms with van der Waals surface area (Å²) in [5.41, 5.74) is 3.36. The molecule has 2 N–H and O–H groups in total. The van der Waals surface area contributed by atoms with Crippen molar-refractivity contribution in [3.63, 3.8) is 0 Å². The van der Waals surface area contributed by atoms with Crippen LogP contribution in [0.3, 0.4) is 0 Å². The molecule has 4 rings (SSSR count). The van der Waals surface area contributed by atoms with Gasteiger partial charge in [0.05, 0.1) is 0 Å². The van der Waals surface area contributed by atoms with E-state index in [4.69, 9.17) is 0 Å². The first-order valence-electron chi connectivity index (χ1n) is 8.81. The Morgan fingerprint density at radius 2 is 1.74 bits per heavy atom. The highest BCUT2D eigenvalue weighted by atomic mass is 16.5. The predicted octanol–water partition coefficient (Wildman–Crippen LogP) is 3.36. The lowest BCUT2D eigenvalue weighted by molar-refractivity contribution is -0.607. The Balaban J connectivity index is 1.65. The van der Waals surface area contributed by atoms with Crippen LogP contribution in [-0.4, -0.2) is 17.4 Å². The molecule has 2 heterocycles. The van der Waals surface area contributed by atoms with Crippen molar-refractivity contribution >= 4 is 16.8 Å². The fourth-order valence-corrected chi connectivity index (χ4v) is 3.36. The van der Waals surface area contributed by atoms with Gasteiger partial charge in [-0.15, -0.1) is 0 Å². The van der Waals surface area contributed by atoms with Crippen LogP contribution in [0.5, 0.6) is 0 Å². The number of aromatic nitrogens is 2. The molecule has 134 valence electrons. The maximum atomic E-state index is 12.5. The van der Waals surface area contributed by atoms with Gasteiger partial charge in [0.1, 0.15) is 0 Å². The zero-order chi connectivity index (χ0) is 18.6. The SMILES string of the molecule is O=C(NC[C@H](c1ccccc1)c1c[nH]c2ccccc12)c1cccc[n+]1[O-]. The summed E-state index contributed by atoms with van der Waals surface area (Å²) in [4.78, 5) is 15.8. The van der Waals surface area contributed by atoms with Gasteiger partial charge in [-0.25, -0.2) is 0 Å². The second-order valence-electron chi connectivity index (χ2n) is 6.37. The Kier molecular flexibility index (Phi) is 4.58. The van der Waals surface area contributed by atoms with Gasteiger partial charge in [-0.1, -0.05) is 48.5 Å². The lowest BCUT2D eigenvalue weighted by Crippen LogP contribution is -2.40. The fourth-order valence-electron chi connectivity index (χ4n) is 3.36. The number of carbonyl (C=O) groups excluding carboxylic acids is 1. The molecule has 0 radical (unpaired) electrons. The summed E-state index contributed by atoms with van der Waals surface area (Å²) in [6, 6.07) is 22.9. The number of H-pyrrole nitrogens is 1. The molecule has 4 aromatic rings. The van der Waals surface area contributed by atoms with E-state index in [-0.39, 0.29) is 17.5 Å². The first kappa shape index (κ1) is 16.8. The lowest BCUT2D eigenvalue weighted by Gasteiger charge is -2.18. The van der Waals surface area contributed by atoms with Gasteiger partial charge in [0.15, 0.2) is 6.20 Å². The van der Waals surface area contributed by atoms with Gasteiger partial charge in [0.2, 0.25) is 0 Å². The first-order chi connectivity index (χ1) is 13.2. The van der Waals surface area contributed by atoms with E-state index in [9.17, 15) is 10.0 Å². The maximum absolute atomic E-state index is 12.5. The van der Waals surface area contributed by atoms with Crippen LogP contribution in [0.4, 0.5) is 0 Å². The first-order valence-corrected chi connectivity index (χ1v) is 8.81. The van der Waals surface area contributed by atoms with E-state index in [0.29, 0.717) is 11.3 Å². The third kappa shape index (κ3) is 3.40. The van der Waals surface area contributed by atoms with Crippen LogP contribution in [0, 0.1) is 5.21 Å². The van der Waals surface area contributed by atoms with Gasteiger partial charge < -0.3 is 15.5 Å². The number of amides is 1. The minimum atomic E-state index is -0.383. The summed E-state index contributed by atoms with van der Waals surface area (Å²) < 4.78 is 0.582. The van der Waals surface area contributed by atoms with Crippen LogP contribution < -0.4 is 10.0 Å². The number of para-hydroxylation sites is 1. The number of carbonyl (C=O) groups is 1. The van der Waals surface area contributed by atoms with Crippen molar-refractivity contribution in [1.29, 1.82) is 0 Å². The molecule has 1 amide bonds. The van der Waals surface area contributed by atoms with Crippen molar-refractivity contribution in [2.45, 2.75) is 5.92 Å². The second-order valence-corrected chi connectivity index (χ2v) is 6.37. The zero-order valence-electron chi connectivity index (χ0n) is 14.6. The van der Waals surface area contributed by atoms with Crippen LogP contribution in [0.15, 0.2) is 85.2 Å². The number of hydrogen-bond donors (Lipinski definition) is 2. The van der Waals surface area contributed by atoms with Crippen molar-refractivity contribution in [2.75, 3.05) is 6.54 Å². The number of nitrogens with one attached hydrogen (secondary N) is 2. The van der Waals surface area contributed by atoms with Gasteiger partial charge in [-0.05, 0) is 23.3 Å². The van der Waals surface area contributed by atoms with E-state index in [0.717, 1.165) is 22.0 Å². The van der Waals surface area contributed by atoms with Crippen LogP contribution >= 0.6 is 0 Å². The maximum Gasteiger partial charge on any atom is 0.317 e. The highest BCUT2D eigenvalue weighted by molar-refractivity contribution is 5.91. The van der Waals surface area contributed by atoms with Crippen LogP contribution in [-0.2, 0) is 0 Å². The van der Waals surface area contributed by atoms with E-state index in [1.54, 1.807) is 12.1 Å². The third-order valence-electron chi connectivity index (χ3n) is 4.72. The van der Waals surface area contributed by atoms with Gasteiger partial charge in [0, 0.05) is 41.7 Å². The minimum Gasteiger partial charge on any atom is -0.618 e. The normalized spacial score (nSPS) is 12.0. The summed E-state index contributed by atoms with van der Waals surface area (Å²) in [6.45, 7) is 0.388. The van der Waals surface area contributed by atoms with E-state index in [1.807, 2.05) is 42.6 Å². The Morgan fingerprint density at radius 3 is 2.56 bits per heavy atom. The van der Waals surface area contributed by atoms with E-state index >= 15 is 0 Å². The molecule has 0 aliphatic rings. The molecular formula is C22H19N3O2. The highest BCUT2D eigenvalue weighted by Crippen LogP contribution is 2.30. The summed E-state index contributed by atoms with van der Waals surface area (Å²) in [5.74, 6) is -0.415. The molecule has 0 spiro atoms. The average molecular weight is 357 g/mol. The largest absolute Gasteiger partial charge is 0.618 e. The standard InChI is InChI=1S/C22H19N3O2/c26-22(21-12-6-7-13-25(21)27)24-14-18(16-8-2-1-3-9-16)19-15-23-20-11-5-4-10-17(19)20/h1-13,15,18,23H,14H2,(H,24,26)/t18-/m1/s1. The molecule has 5 nitrogen and oxygen atoms in total. The quantitative estimate of drug-likeness (QED) is 0.425. The van der Waals surface area contributed by atoms with E-state index < -0.39 is 0 Å². The van der Waals surface area contributed by atoms with E-state index in [1.165, 1.54) is 12.3 Å². The number of aromatic amines is 1. The Hall–Kier alpha value is -3.60. The van der Waals surface area contributed by atoms with Crippen molar-refractivity contribution in [2.24, 2.45) is 0 Å². The molecule has 0 saturated heterocycles. The molecule has 0 aliphatic heterocycles. The number of nitrogens with zero attached hydrogens (tertiary/aromatic N) is 1. The molecule has 27 heavy (non-hydrogen) atoms. The number of fused-ring (bicyclic) bond motifs is 1. The monoisotopic (exact) mass is 357 g/mol. The fraction of sp³-hybridized carbons (Fsp3) is 0.0909. The smallest absolute Gasteiger partial charge is 0.317 e. The third-order valence-corrected chi connectivity index (χ3v) is 4.72. The van der Waals surface area contributed by atoms with Crippen molar-refractivity contribution in [3.05, 3.63) is 107 Å². The molecule has 0 fully saturated rings. The van der Waals surface area contributed by atoms with Gasteiger partial charge in [-0.3, -0.25) is 4.79 Å². The van der Waals surface area contributed by atoms with Crippen LogP contribution in [0.1, 0.15) is 27.5 Å². The molecule has 0 saturated carbocycles. The average Bonchev–Trinajstić information content (AvgIpc) is 3.13. The molecule has 2 aromatic heterocycles. The Morgan fingerprint density at radius 1 is 1.00 bits per heavy atom. The molecule has 0 unspecified atom stereocenters. The summed E-state index contributed by atoms with van der Waals surface area (Å²) in [6.07, 6.45) is 3.31. The van der Waals surface area contributed by atoms with Gasteiger partial charge in [0.25, 0.3) is 5.69 Å². The lowest BCUT2D eigenvalue weighted by atomic mass is 9.91. The van der Waals surface area contributed by atoms with Gasteiger partial charge in [-0.2, -0.15) is 4.73 Å². The van der Waals surface area contributed by atoms with Gasteiger partial charge >= 0.3 is 5.91 Å². The second kappa shape index (κ2) is 7.33. The molecule has 0 bridgehead atoms. The molecule has 1 atom stereocenters. The van der Waals surface area contributed by atoms with Crippen molar-refractivity contribution < 1.29 is 9.52 Å². The number of pyridine rings is 1. The highest BCUT2D eigenvalue weighted by Gasteiger charge is 2.21. The zero-order valence-corrected chi connectivity index (χ0v) is 14.6. The van der Waals surface area contributed by atoms with E-state index in [2.05, 4.69) is 28.5 Å². The molecule has 0 aliphatic carbocycles. The number of hydrogen-bond acceptors (Lipinski definition) is 2. The Bertz CT molecular complexity index is 1070. The molecule has 5 heteroatoms. The predicted molar refractivity (Wildman–Crippen MR) is 104 cm³/mol. The van der Waals surface area contributed by atoms with Crippen molar-refractivity contribution in [1.82, 2.24) is 10.3 Å². The summed E-state index contributed by atoms with van der Waals surface area (Å²) in [5, 5.41) is 15.9. The summed E-state index contributed by atoms with van der Waals surface area (Å²) in [7, 11) is 0. The minimum absolute atomic E-state index is 0.0323. The molecule has 2 aromatic carbocycles. The number of rotatable bonds is 5. The Labute approximate surface area is 156 Å². The summed E-state index contributed by atoms with van der Waals surface area (Å²) >= 11 is 0. The topological polar surface area (TPSA) is 71.8 Å². The molecular weight excluding hydrogens is 338 g/mol. The van der Waals surface area contributed by atoms with Crippen LogP contribution in [0.2, 0.25) is 0 Å². The van der Waals surface area contributed by atoms with Crippen molar-refractivity contribution in [3.8, 4) is 0 Å². The van der Waals surface area contributed by atoms with Crippen LogP contribution in [0.25, 0.3) is 10.9 Å².